The van der Waals surface area contributed by atoms with E-state index in [0.29, 0.717) is 13.2 Å². The van der Waals surface area contributed by atoms with Gasteiger partial charge in [-0.2, -0.15) is 0 Å². The van der Waals surface area contributed by atoms with Crippen molar-refractivity contribution < 1.29 is 19.4 Å². The van der Waals surface area contributed by atoms with Gasteiger partial charge in [0, 0.05) is 12.5 Å². The van der Waals surface area contributed by atoms with E-state index in [2.05, 4.69) is 20.8 Å². The molecule has 1 aromatic rings. The molecule has 0 heterocycles. The monoisotopic (exact) mass is 322 g/mol. The van der Waals surface area contributed by atoms with Gasteiger partial charge in [0.25, 0.3) is 0 Å². The third kappa shape index (κ3) is 4.96. The molecule has 2 atom stereocenters. The second-order valence-electron chi connectivity index (χ2n) is 6.67. The van der Waals surface area contributed by atoms with E-state index in [-0.39, 0.29) is 23.1 Å². The number of phenols is 1. The third-order valence-electron chi connectivity index (χ3n) is 3.93. The number of ether oxygens (including phenoxy) is 2. The van der Waals surface area contributed by atoms with Crippen LogP contribution in [0.4, 0.5) is 0 Å². The highest BCUT2D eigenvalue weighted by molar-refractivity contribution is 5.76. The summed E-state index contributed by atoms with van der Waals surface area (Å²) in [6.45, 7) is 12.6. The Morgan fingerprint density at radius 1 is 1.17 bits per heavy atom. The fraction of sp³-hybridized carbons (Fsp3) is 0.632. The molecule has 0 radical (unpaired) electrons. The lowest BCUT2D eigenvalue weighted by Crippen LogP contribution is -2.33. The molecule has 0 aliphatic heterocycles. The molecule has 23 heavy (non-hydrogen) atoms. The summed E-state index contributed by atoms with van der Waals surface area (Å²) in [5, 5.41) is 10.1. The molecule has 1 rings (SSSR count). The van der Waals surface area contributed by atoms with E-state index < -0.39 is 6.10 Å². The molecule has 0 amide bonds. The second-order valence-corrected chi connectivity index (χ2v) is 6.67. The minimum absolute atomic E-state index is 0.101. The molecule has 0 saturated heterocycles. The zero-order chi connectivity index (χ0) is 17.6. The van der Waals surface area contributed by atoms with Crippen LogP contribution >= 0.6 is 0 Å². The molecule has 0 saturated carbocycles. The average molecular weight is 322 g/mol. The second kappa shape index (κ2) is 8.34. The van der Waals surface area contributed by atoms with Crippen LogP contribution < -0.4 is 0 Å². The van der Waals surface area contributed by atoms with Crippen molar-refractivity contribution in [2.75, 3.05) is 13.2 Å². The number of carbonyl (C=O) groups excluding carboxylic acids is 1. The number of carbonyl (C=O) groups is 1. The van der Waals surface area contributed by atoms with E-state index in [1.165, 1.54) is 0 Å². The van der Waals surface area contributed by atoms with Gasteiger partial charge in [-0.3, -0.25) is 0 Å². The van der Waals surface area contributed by atoms with Crippen molar-refractivity contribution in [2.45, 2.75) is 65.4 Å². The van der Waals surface area contributed by atoms with Crippen LogP contribution in [0.15, 0.2) is 18.2 Å². The molecule has 4 nitrogen and oxygen atoms in total. The molecule has 0 aromatic heterocycles. The quantitative estimate of drug-likeness (QED) is 0.766. The Morgan fingerprint density at radius 2 is 1.83 bits per heavy atom. The zero-order valence-electron chi connectivity index (χ0n) is 15.2. The molecule has 130 valence electrons. The Bertz CT molecular complexity index is 517. The van der Waals surface area contributed by atoms with Crippen LogP contribution in [-0.2, 0) is 19.7 Å². The van der Waals surface area contributed by atoms with E-state index in [9.17, 15) is 9.90 Å². The lowest BCUT2D eigenvalue weighted by molar-refractivity contribution is -0.158. The minimum atomic E-state index is -0.623. The summed E-state index contributed by atoms with van der Waals surface area (Å²) < 4.78 is 10.9. The SMILES string of the molecule is CCOC(=O)C(OCC)C(CC)c1ccc(O)c(C(C)(C)C)c1. The van der Waals surface area contributed by atoms with Crippen molar-refractivity contribution in [3.8, 4) is 5.75 Å². The molecule has 0 aliphatic rings. The van der Waals surface area contributed by atoms with Gasteiger partial charge in [0.1, 0.15) is 5.75 Å². The van der Waals surface area contributed by atoms with Gasteiger partial charge in [0.2, 0.25) is 0 Å². The first kappa shape index (κ1) is 19.5. The number of rotatable bonds is 7. The fourth-order valence-corrected chi connectivity index (χ4v) is 2.76. The summed E-state index contributed by atoms with van der Waals surface area (Å²) in [5.74, 6) is -0.150. The molecule has 2 unspecified atom stereocenters. The van der Waals surface area contributed by atoms with Crippen LogP contribution in [-0.4, -0.2) is 30.4 Å². The van der Waals surface area contributed by atoms with Crippen LogP contribution in [0.1, 0.15) is 65.0 Å². The highest BCUT2D eigenvalue weighted by Gasteiger charge is 2.31. The fourth-order valence-electron chi connectivity index (χ4n) is 2.76. The standard InChI is InChI=1S/C19H30O4/c1-7-14(17(22-8-2)18(21)23-9-3)13-10-11-16(20)15(12-13)19(4,5)6/h10-12,14,17,20H,7-9H2,1-6H3. The number of phenolic OH excluding ortho intramolecular Hbond substituents is 1. The number of benzene rings is 1. The van der Waals surface area contributed by atoms with Crippen LogP contribution in [0.5, 0.6) is 5.75 Å². The summed E-state index contributed by atoms with van der Waals surface area (Å²) in [7, 11) is 0. The lowest BCUT2D eigenvalue weighted by Gasteiger charge is -2.27. The Balaban J connectivity index is 3.24. The van der Waals surface area contributed by atoms with Crippen LogP contribution in [0, 0.1) is 0 Å². The predicted octanol–water partition coefficient (Wildman–Crippen LogP) is 4.15. The average Bonchev–Trinajstić information content (AvgIpc) is 2.47. The van der Waals surface area contributed by atoms with Crippen molar-refractivity contribution in [3.63, 3.8) is 0 Å². The van der Waals surface area contributed by atoms with E-state index in [0.717, 1.165) is 17.5 Å². The van der Waals surface area contributed by atoms with Crippen molar-refractivity contribution in [1.82, 2.24) is 0 Å². The summed E-state index contributed by atoms with van der Waals surface area (Å²) >= 11 is 0. The third-order valence-corrected chi connectivity index (χ3v) is 3.93. The molecule has 0 aliphatic carbocycles. The Hall–Kier alpha value is -1.55. The van der Waals surface area contributed by atoms with Gasteiger partial charge in [-0.15, -0.1) is 0 Å². The number of hydrogen-bond acceptors (Lipinski definition) is 4. The van der Waals surface area contributed by atoms with Crippen LogP contribution in [0.25, 0.3) is 0 Å². The highest BCUT2D eigenvalue weighted by Crippen LogP contribution is 2.35. The van der Waals surface area contributed by atoms with Gasteiger partial charge in [-0.05, 0) is 42.9 Å². The highest BCUT2D eigenvalue weighted by atomic mass is 16.6. The van der Waals surface area contributed by atoms with E-state index in [4.69, 9.17) is 9.47 Å². The Labute approximate surface area is 139 Å². The molecule has 4 heteroatoms. The topological polar surface area (TPSA) is 55.8 Å². The van der Waals surface area contributed by atoms with Crippen molar-refractivity contribution in [2.24, 2.45) is 0 Å². The maximum atomic E-state index is 12.3. The van der Waals surface area contributed by atoms with Gasteiger partial charge < -0.3 is 14.6 Å². The smallest absolute Gasteiger partial charge is 0.335 e. The lowest BCUT2D eigenvalue weighted by atomic mass is 9.82. The Morgan fingerprint density at radius 3 is 2.30 bits per heavy atom. The molecular formula is C19H30O4. The van der Waals surface area contributed by atoms with Gasteiger partial charge in [0.05, 0.1) is 6.61 Å². The minimum Gasteiger partial charge on any atom is -0.508 e. The normalized spacial score (nSPS) is 14.3. The number of esters is 1. The zero-order valence-corrected chi connectivity index (χ0v) is 15.2. The van der Waals surface area contributed by atoms with E-state index >= 15 is 0 Å². The largest absolute Gasteiger partial charge is 0.508 e. The molecule has 1 aromatic carbocycles. The molecular weight excluding hydrogens is 292 g/mol. The van der Waals surface area contributed by atoms with Crippen LogP contribution in [0.3, 0.4) is 0 Å². The molecule has 0 bridgehead atoms. The van der Waals surface area contributed by atoms with Gasteiger partial charge >= 0.3 is 5.97 Å². The van der Waals surface area contributed by atoms with Crippen molar-refractivity contribution in [3.05, 3.63) is 29.3 Å². The number of aromatic hydroxyl groups is 1. The van der Waals surface area contributed by atoms with Gasteiger partial charge in [0.15, 0.2) is 6.10 Å². The van der Waals surface area contributed by atoms with Crippen molar-refractivity contribution in [1.29, 1.82) is 0 Å². The maximum Gasteiger partial charge on any atom is 0.335 e. The van der Waals surface area contributed by atoms with E-state index in [1.807, 2.05) is 26.0 Å². The first-order valence-electron chi connectivity index (χ1n) is 8.37. The first-order valence-corrected chi connectivity index (χ1v) is 8.37. The molecule has 0 spiro atoms. The molecule has 0 fully saturated rings. The summed E-state index contributed by atoms with van der Waals surface area (Å²) in [5.41, 5.74) is 1.68. The van der Waals surface area contributed by atoms with Crippen molar-refractivity contribution >= 4 is 5.97 Å². The van der Waals surface area contributed by atoms with Gasteiger partial charge in [-0.25, -0.2) is 4.79 Å². The number of hydrogen-bond donors (Lipinski definition) is 1. The predicted molar refractivity (Wildman–Crippen MR) is 91.9 cm³/mol. The van der Waals surface area contributed by atoms with E-state index in [1.54, 1.807) is 13.0 Å². The summed E-state index contributed by atoms with van der Waals surface area (Å²) in [6.07, 6.45) is 0.125. The van der Waals surface area contributed by atoms with Gasteiger partial charge in [-0.1, -0.05) is 39.8 Å². The summed E-state index contributed by atoms with van der Waals surface area (Å²) in [4.78, 5) is 12.3. The molecule has 1 N–H and O–H groups in total. The Kier molecular flexibility index (Phi) is 7.07. The summed E-state index contributed by atoms with van der Waals surface area (Å²) in [6, 6.07) is 5.55. The first-order chi connectivity index (χ1) is 10.8. The maximum absolute atomic E-state index is 12.3. The van der Waals surface area contributed by atoms with Crippen LogP contribution in [0.2, 0.25) is 0 Å².